The van der Waals surface area contributed by atoms with Gasteiger partial charge in [0.15, 0.2) is 0 Å². The molecule has 0 amide bonds. The summed E-state index contributed by atoms with van der Waals surface area (Å²) in [7, 11) is 0. The Bertz CT molecular complexity index is 374. The van der Waals surface area contributed by atoms with E-state index >= 15 is 0 Å². The Labute approximate surface area is 91.7 Å². The molecule has 1 aromatic carbocycles. The van der Waals surface area contributed by atoms with E-state index in [0.29, 0.717) is 10.8 Å². The molecule has 1 heteroatoms. The topological polar surface area (TPSA) is 26.0 Å². The Morgan fingerprint density at radius 2 is 1.93 bits per heavy atom. The van der Waals surface area contributed by atoms with Gasteiger partial charge in [-0.25, -0.2) is 0 Å². The van der Waals surface area contributed by atoms with Gasteiger partial charge in [-0.05, 0) is 55.5 Å². The molecule has 3 fully saturated rings. The Morgan fingerprint density at radius 3 is 2.53 bits per heavy atom. The van der Waals surface area contributed by atoms with Crippen molar-refractivity contribution < 1.29 is 0 Å². The van der Waals surface area contributed by atoms with E-state index in [0.717, 1.165) is 6.54 Å². The van der Waals surface area contributed by atoms with Gasteiger partial charge in [-0.3, -0.25) is 0 Å². The summed E-state index contributed by atoms with van der Waals surface area (Å²) in [5.74, 6) is 0. The normalized spacial score (nSPS) is 36.9. The molecule has 1 nitrogen and oxygen atoms in total. The highest BCUT2D eigenvalue weighted by Gasteiger charge is 2.66. The molecule has 0 aromatic heterocycles. The molecular formula is C14H19N. The van der Waals surface area contributed by atoms with Gasteiger partial charge in [0.05, 0.1) is 0 Å². The van der Waals surface area contributed by atoms with Crippen LogP contribution in [-0.4, -0.2) is 6.54 Å². The van der Waals surface area contributed by atoms with E-state index in [-0.39, 0.29) is 0 Å². The monoisotopic (exact) mass is 201 g/mol. The average molecular weight is 201 g/mol. The van der Waals surface area contributed by atoms with Crippen molar-refractivity contribution in [3.05, 3.63) is 35.4 Å². The molecule has 0 saturated heterocycles. The molecule has 3 aliphatic carbocycles. The van der Waals surface area contributed by atoms with Crippen LogP contribution in [0, 0.1) is 17.8 Å². The second kappa shape index (κ2) is 2.85. The van der Waals surface area contributed by atoms with E-state index in [9.17, 15) is 0 Å². The number of rotatable bonds is 3. The van der Waals surface area contributed by atoms with Crippen LogP contribution in [0.5, 0.6) is 0 Å². The third-order valence-corrected chi connectivity index (χ3v) is 4.34. The van der Waals surface area contributed by atoms with E-state index in [1.54, 1.807) is 0 Å². The van der Waals surface area contributed by atoms with Crippen LogP contribution in [0.4, 0.5) is 0 Å². The van der Waals surface area contributed by atoms with Crippen molar-refractivity contribution in [1.82, 2.24) is 0 Å². The molecule has 2 N–H and O–H groups in total. The minimum absolute atomic E-state index is 0.573. The van der Waals surface area contributed by atoms with E-state index in [2.05, 4.69) is 31.2 Å². The van der Waals surface area contributed by atoms with E-state index < -0.39 is 0 Å². The lowest BCUT2D eigenvalue weighted by molar-refractivity contribution is -0.195. The lowest BCUT2D eigenvalue weighted by Gasteiger charge is -2.71. The zero-order valence-electron chi connectivity index (χ0n) is 9.42. The Morgan fingerprint density at radius 1 is 1.20 bits per heavy atom. The van der Waals surface area contributed by atoms with E-state index in [1.165, 1.54) is 36.8 Å². The van der Waals surface area contributed by atoms with Gasteiger partial charge < -0.3 is 5.73 Å². The second-order valence-corrected chi connectivity index (χ2v) is 5.90. The lowest BCUT2D eigenvalue weighted by atomic mass is 9.34. The van der Waals surface area contributed by atoms with Crippen LogP contribution in [0.3, 0.4) is 0 Å². The number of aryl methyl sites for hydroxylation is 1. The maximum absolute atomic E-state index is 5.78. The highest BCUT2D eigenvalue weighted by atomic mass is 14.8. The zero-order chi connectivity index (χ0) is 10.5. The molecule has 0 unspecified atom stereocenters. The lowest BCUT2D eigenvalue weighted by Crippen LogP contribution is -2.65. The van der Waals surface area contributed by atoms with Gasteiger partial charge in [-0.15, -0.1) is 0 Å². The van der Waals surface area contributed by atoms with Gasteiger partial charge in [0.25, 0.3) is 0 Å². The quantitative estimate of drug-likeness (QED) is 0.799. The van der Waals surface area contributed by atoms with Crippen LogP contribution < -0.4 is 5.73 Å². The molecule has 15 heavy (non-hydrogen) atoms. The summed E-state index contributed by atoms with van der Waals surface area (Å²) in [6.45, 7) is 3.08. The minimum atomic E-state index is 0.573. The number of hydrogen-bond acceptors (Lipinski definition) is 1. The van der Waals surface area contributed by atoms with Crippen molar-refractivity contribution in [2.75, 3.05) is 6.54 Å². The Balaban J connectivity index is 1.69. The SMILES string of the molecule is Cc1cccc(CC23CC(CN)(C2)C3)c1. The van der Waals surface area contributed by atoms with E-state index in [4.69, 9.17) is 5.73 Å². The van der Waals surface area contributed by atoms with Crippen LogP contribution in [0.2, 0.25) is 0 Å². The second-order valence-electron chi connectivity index (χ2n) is 5.90. The molecule has 1 aromatic rings. The van der Waals surface area contributed by atoms with Crippen molar-refractivity contribution in [3.63, 3.8) is 0 Å². The molecule has 0 atom stereocenters. The summed E-state index contributed by atoms with van der Waals surface area (Å²) in [4.78, 5) is 0. The minimum Gasteiger partial charge on any atom is -0.330 e. The van der Waals surface area contributed by atoms with Gasteiger partial charge in [0.1, 0.15) is 0 Å². The molecule has 4 rings (SSSR count). The largest absolute Gasteiger partial charge is 0.330 e. The predicted molar refractivity (Wildman–Crippen MR) is 62.7 cm³/mol. The third-order valence-electron chi connectivity index (χ3n) is 4.34. The van der Waals surface area contributed by atoms with E-state index in [1.807, 2.05) is 0 Å². The molecule has 0 spiro atoms. The number of benzene rings is 1. The predicted octanol–water partition coefficient (Wildman–Crippen LogP) is 2.67. The van der Waals surface area contributed by atoms with Crippen LogP contribution in [-0.2, 0) is 6.42 Å². The van der Waals surface area contributed by atoms with Crippen molar-refractivity contribution in [2.45, 2.75) is 32.6 Å². The van der Waals surface area contributed by atoms with Gasteiger partial charge in [0.2, 0.25) is 0 Å². The summed E-state index contributed by atoms with van der Waals surface area (Å²) in [5.41, 5.74) is 9.90. The fourth-order valence-electron chi connectivity index (χ4n) is 3.89. The van der Waals surface area contributed by atoms with Gasteiger partial charge >= 0.3 is 0 Å². The first-order valence-electron chi connectivity index (χ1n) is 5.91. The summed E-state index contributed by atoms with van der Waals surface area (Å²) in [5, 5.41) is 0. The van der Waals surface area contributed by atoms with Gasteiger partial charge in [-0.1, -0.05) is 29.8 Å². The summed E-state index contributed by atoms with van der Waals surface area (Å²) >= 11 is 0. The molecule has 2 bridgehead atoms. The first-order chi connectivity index (χ1) is 7.15. The average Bonchev–Trinajstić information content (AvgIpc) is 2.09. The number of nitrogens with two attached hydrogens (primary N) is 1. The van der Waals surface area contributed by atoms with Crippen molar-refractivity contribution in [3.8, 4) is 0 Å². The zero-order valence-corrected chi connectivity index (χ0v) is 9.42. The first-order valence-corrected chi connectivity index (χ1v) is 5.91. The van der Waals surface area contributed by atoms with Crippen molar-refractivity contribution in [1.29, 1.82) is 0 Å². The van der Waals surface area contributed by atoms with Crippen LogP contribution >= 0.6 is 0 Å². The summed E-state index contributed by atoms with van der Waals surface area (Å²) in [6.07, 6.45) is 5.41. The third kappa shape index (κ3) is 1.33. The molecule has 80 valence electrons. The standard InChI is InChI=1S/C14H19N/c1-11-3-2-4-12(5-11)6-13-7-14(8-13,9-13)10-15/h2-5H,6-10,15H2,1H3. The highest BCUT2D eigenvalue weighted by Crippen LogP contribution is 2.73. The fraction of sp³-hybridized carbons (Fsp3) is 0.571. The van der Waals surface area contributed by atoms with Gasteiger partial charge in [0, 0.05) is 0 Å². The number of hydrogen-bond donors (Lipinski definition) is 1. The van der Waals surface area contributed by atoms with Crippen LogP contribution in [0.25, 0.3) is 0 Å². The molecule has 3 aliphatic rings. The molecule has 0 heterocycles. The Hall–Kier alpha value is -0.820. The maximum atomic E-state index is 5.78. The summed E-state index contributed by atoms with van der Waals surface area (Å²) in [6, 6.07) is 8.94. The molecular weight excluding hydrogens is 182 g/mol. The van der Waals surface area contributed by atoms with Crippen LogP contribution in [0.15, 0.2) is 24.3 Å². The van der Waals surface area contributed by atoms with Gasteiger partial charge in [-0.2, -0.15) is 0 Å². The smallest absolute Gasteiger partial charge is 0.00199 e. The van der Waals surface area contributed by atoms with Crippen LogP contribution in [0.1, 0.15) is 30.4 Å². The maximum Gasteiger partial charge on any atom is -0.00199 e. The summed E-state index contributed by atoms with van der Waals surface area (Å²) < 4.78 is 0. The first kappa shape index (κ1) is 9.41. The van der Waals surface area contributed by atoms with Crippen molar-refractivity contribution >= 4 is 0 Å². The molecule has 0 aliphatic heterocycles. The van der Waals surface area contributed by atoms with Crippen molar-refractivity contribution in [2.24, 2.45) is 16.6 Å². The fourth-order valence-corrected chi connectivity index (χ4v) is 3.89. The highest BCUT2D eigenvalue weighted by molar-refractivity contribution is 5.28. The molecule has 0 radical (unpaired) electrons. The molecule has 3 saturated carbocycles. The Kier molecular flexibility index (Phi) is 1.79.